The van der Waals surface area contributed by atoms with E-state index in [2.05, 4.69) is 24.1 Å². The average Bonchev–Trinajstić information content (AvgIpc) is 2.38. The minimum absolute atomic E-state index is 0.186. The number of hydrogen-bond donors (Lipinski definition) is 3. The molecule has 0 aliphatic rings. The van der Waals surface area contributed by atoms with Crippen LogP contribution in [0, 0.1) is 0 Å². The molecule has 19 heavy (non-hydrogen) atoms. The van der Waals surface area contributed by atoms with E-state index in [9.17, 15) is 9.59 Å². The van der Waals surface area contributed by atoms with Gasteiger partial charge in [0.15, 0.2) is 0 Å². The Kier molecular flexibility index (Phi) is 5.66. The normalized spacial score (nSPS) is 12.4. The van der Waals surface area contributed by atoms with Gasteiger partial charge in [-0.2, -0.15) is 0 Å². The van der Waals surface area contributed by atoms with Crippen LogP contribution in [0.15, 0.2) is 9.59 Å². The predicted octanol–water partition coefficient (Wildman–Crippen LogP) is 1.43. The van der Waals surface area contributed by atoms with Gasteiger partial charge in [0.1, 0.15) is 11.5 Å². The number of aromatic nitrogens is 2. The van der Waals surface area contributed by atoms with Crippen LogP contribution in [0.4, 0.5) is 11.5 Å². The SMILES string of the molecule is CCCCC(CCC)Nc1c(N)n(C)c(=O)[nH]c1=O. The molecule has 0 bridgehead atoms. The van der Waals surface area contributed by atoms with Crippen molar-refractivity contribution in [2.75, 3.05) is 11.1 Å². The van der Waals surface area contributed by atoms with Crippen molar-refractivity contribution in [3.63, 3.8) is 0 Å². The largest absolute Gasteiger partial charge is 0.383 e. The van der Waals surface area contributed by atoms with Crippen LogP contribution in [-0.4, -0.2) is 15.6 Å². The molecule has 1 aromatic rings. The quantitative estimate of drug-likeness (QED) is 0.697. The van der Waals surface area contributed by atoms with Crippen molar-refractivity contribution in [1.82, 2.24) is 9.55 Å². The van der Waals surface area contributed by atoms with Crippen LogP contribution in [0.1, 0.15) is 46.0 Å². The number of rotatable bonds is 7. The fourth-order valence-corrected chi connectivity index (χ4v) is 2.07. The number of nitrogens with two attached hydrogens (primary N) is 1. The highest BCUT2D eigenvalue weighted by Gasteiger charge is 2.14. The maximum absolute atomic E-state index is 11.8. The highest BCUT2D eigenvalue weighted by atomic mass is 16.2. The Labute approximate surface area is 113 Å². The molecule has 0 aromatic carbocycles. The first kappa shape index (κ1) is 15.3. The number of unbranched alkanes of at least 4 members (excludes halogenated alkanes) is 1. The predicted molar refractivity (Wildman–Crippen MR) is 78.6 cm³/mol. The molecule has 6 nitrogen and oxygen atoms in total. The maximum Gasteiger partial charge on any atom is 0.329 e. The van der Waals surface area contributed by atoms with Gasteiger partial charge in [0.05, 0.1) is 0 Å². The van der Waals surface area contributed by atoms with E-state index in [1.165, 1.54) is 4.57 Å². The van der Waals surface area contributed by atoms with E-state index in [0.29, 0.717) is 5.69 Å². The lowest BCUT2D eigenvalue weighted by Crippen LogP contribution is -2.34. The van der Waals surface area contributed by atoms with E-state index in [-0.39, 0.29) is 11.9 Å². The van der Waals surface area contributed by atoms with Crippen molar-refractivity contribution in [3.8, 4) is 0 Å². The summed E-state index contributed by atoms with van der Waals surface area (Å²) in [6.45, 7) is 4.24. The lowest BCUT2D eigenvalue weighted by Gasteiger charge is -2.20. The summed E-state index contributed by atoms with van der Waals surface area (Å²) in [5.41, 5.74) is 5.20. The number of nitrogens with one attached hydrogen (secondary N) is 2. The molecule has 1 heterocycles. The van der Waals surface area contributed by atoms with Gasteiger partial charge in [0.25, 0.3) is 5.56 Å². The van der Waals surface area contributed by atoms with Gasteiger partial charge >= 0.3 is 5.69 Å². The second-order valence-electron chi connectivity index (χ2n) is 4.85. The Hall–Kier alpha value is -1.72. The molecule has 4 N–H and O–H groups in total. The van der Waals surface area contributed by atoms with Crippen LogP contribution in [0.5, 0.6) is 0 Å². The number of hydrogen-bond acceptors (Lipinski definition) is 4. The number of nitrogen functional groups attached to an aromatic ring is 1. The lowest BCUT2D eigenvalue weighted by atomic mass is 10.0. The van der Waals surface area contributed by atoms with Crippen molar-refractivity contribution in [2.45, 2.75) is 52.0 Å². The first-order chi connectivity index (χ1) is 9.01. The van der Waals surface area contributed by atoms with Gasteiger partial charge in [-0.1, -0.05) is 33.1 Å². The third-order valence-corrected chi connectivity index (χ3v) is 3.26. The minimum atomic E-state index is -0.492. The summed E-state index contributed by atoms with van der Waals surface area (Å²) >= 11 is 0. The zero-order valence-corrected chi connectivity index (χ0v) is 12.0. The summed E-state index contributed by atoms with van der Waals surface area (Å²) < 4.78 is 1.24. The molecule has 0 saturated heterocycles. The number of H-pyrrole nitrogens is 1. The fraction of sp³-hybridized carbons (Fsp3) is 0.692. The average molecular weight is 268 g/mol. The van der Waals surface area contributed by atoms with Gasteiger partial charge in [0.2, 0.25) is 0 Å². The molecule has 1 aromatic heterocycles. The van der Waals surface area contributed by atoms with Gasteiger partial charge in [-0.25, -0.2) is 4.79 Å². The zero-order valence-electron chi connectivity index (χ0n) is 12.0. The number of aromatic amines is 1. The van der Waals surface area contributed by atoms with Crippen molar-refractivity contribution in [1.29, 1.82) is 0 Å². The summed E-state index contributed by atoms with van der Waals surface area (Å²) in [5.74, 6) is 0.186. The van der Waals surface area contributed by atoms with Crippen LogP contribution < -0.4 is 22.3 Å². The first-order valence-electron chi connectivity index (χ1n) is 6.86. The topological polar surface area (TPSA) is 92.9 Å². The smallest absolute Gasteiger partial charge is 0.329 e. The second-order valence-corrected chi connectivity index (χ2v) is 4.85. The Balaban J connectivity index is 2.99. The zero-order chi connectivity index (χ0) is 14.4. The fourth-order valence-electron chi connectivity index (χ4n) is 2.07. The van der Waals surface area contributed by atoms with Gasteiger partial charge in [-0.15, -0.1) is 0 Å². The molecule has 6 heteroatoms. The summed E-state index contributed by atoms with van der Waals surface area (Å²) in [7, 11) is 1.54. The summed E-state index contributed by atoms with van der Waals surface area (Å²) in [5, 5.41) is 3.19. The molecule has 0 saturated carbocycles. The molecule has 0 aliphatic carbocycles. The molecule has 0 fully saturated rings. The molecule has 1 rings (SSSR count). The molecule has 108 valence electrons. The van der Waals surface area contributed by atoms with Crippen molar-refractivity contribution < 1.29 is 0 Å². The van der Waals surface area contributed by atoms with E-state index < -0.39 is 11.2 Å². The molecule has 0 aliphatic heterocycles. The summed E-state index contributed by atoms with van der Waals surface area (Å²) in [6, 6.07) is 0.214. The monoisotopic (exact) mass is 268 g/mol. The first-order valence-corrected chi connectivity index (χ1v) is 6.86. The lowest BCUT2D eigenvalue weighted by molar-refractivity contribution is 0.563. The van der Waals surface area contributed by atoms with E-state index in [1.807, 2.05) is 0 Å². The third-order valence-electron chi connectivity index (χ3n) is 3.26. The van der Waals surface area contributed by atoms with Gasteiger partial charge < -0.3 is 11.1 Å². The van der Waals surface area contributed by atoms with Crippen molar-refractivity contribution in [2.24, 2.45) is 7.05 Å². The third kappa shape index (κ3) is 3.87. The van der Waals surface area contributed by atoms with E-state index in [4.69, 9.17) is 5.73 Å². The van der Waals surface area contributed by atoms with Gasteiger partial charge in [-0.05, 0) is 12.8 Å². The number of anilines is 2. The van der Waals surface area contributed by atoms with Crippen LogP contribution in [0.3, 0.4) is 0 Å². The summed E-state index contributed by atoms with van der Waals surface area (Å²) in [4.78, 5) is 25.5. The second kappa shape index (κ2) is 7.01. The standard InChI is InChI=1S/C13H24N4O2/c1-4-6-8-9(7-5-2)15-10-11(14)17(3)13(19)16-12(10)18/h9,15H,4-8,14H2,1-3H3,(H,16,18,19). The molecule has 0 amide bonds. The molecular weight excluding hydrogens is 244 g/mol. The maximum atomic E-state index is 11.8. The van der Waals surface area contributed by atoms with Gasteiger partial charge in [0, 0.05) is 13.1 Å². The molecule has 0 radical (unpaired) electrons. The summed E-state index contributed by atoms with van der Waals surface area (Å²) in [6.07, 6.45) is 5.21. The van der Waals surface area contributed by atoms with E-state index in [1.54, 1.807) is 7.05 Å². The molecule has 0 spiro atoms. The Bertz CT molecular complexity index is 518. The van der Waals surface area contributed by atoms with Gasteiger partial charge in [-0.3, -0.25) is 14.3 Å². The highest BCUT2D eigenvalue weighted by Crippen LogP contribution is 2.15. The van der Waals surface area contributed by atoms with Crippen LogP contribution in [-0.2, 0) is 7.05 Å². The van der Waals surface area contributed by atoms with Crippen LogP contribution in [0.25, 0.3) is 0 Å². The van der Waals surface area contributed by atoms with Crippen LogP contribution in [0.2, 0.25) is 0 Å². The Morgan fingerprint density at radius 2 is 1.95 bits per heavy atom. The Morgan fingerprint density at radius 3 is 2.53 bits per heavy atom. The molecule has 1 atom stereocenters. The van der Waals surface area contributed by atoms with Crippen LogP contribution >= 0.6 is 0 Å². The molecular formula is C13H24N4O2. The highest BCUT2D eigenvalue weighted by molar-refractivity contribution is 5.60. The van der Waals surface area contributed by atoms with E-state index in [0.717, 1.165) is 32.1 Å². The van der Waals surface area contributed by atoms with Crippen molar-refractivity contribution in [3.05, 3.63) is 20.8 Å². The molecule has 1 unspecified atom stereocenters. The Morgan fingerprint density at radius 1 is 1.26 bits per heavy atom. The minimum Gasteiger partial charge on any atom is -0.383 e. The van der Waals surface area contributed by atoms with Crippen molar-refractivity contribution >= 4 is 11.5 Å². The van der Waals surface area contributed by atoms with E-state index >= 15 is 0 Å². The number of nitrogens with zero attached hydrogens (tertiary/aromatic N) is 1.